The number of carbonyl (C=O) groups is 2. The fraction of sp³-hybridized carbons (Fsp3) is 0.389. The lowest BCUT2D eigenvalue weighted by Gasteiger charge is -2.31. The van der Waals surface area contributed by atoms with Crippen molar-refractivity contribution in [3.8, 4) is 0 Å². The molecule has 3 rings (SSSR count). The molecular weight excluding hydrogens is 338 g/mol. The van der Waals surface area contributed by atoms with Crippen LogP contribution in [0.5, 0.6) is 0 Å². The second-order valence-electron chi connectivity index (χ2n) is 5.90. The van der Waals surface area contributed by atoms with Crippen molar-refractivity contribution in [3.63, 3.8) is 0 Å². The van der Waals surface area contributed by atoms with Gasteiger partial charge in [-0.05, 0) is 30.5 Å². The monoisotopic (exact) mass is 359 g/mol. The molecule has 0 saturated heterocycles. The summed E-state index contributed by atoms with van der Waals surface area (Å²) in [6, 6.07) is 5.75. The molecule has 1 aliphatic heterocycles. The van der Waals surface area contributed by atoms with Gasteiger partial charge < -0.3 is 15.0 Å². The largest absolute Gasteiger partial charge is 0.465 e. The molecule has 25 heavy (non-hydrogen) atoms. The molecule has 1 aromatic heterocycles. The van der Waals surface area contributed by atoms with Gasteiger partial charge in [-0.2, -0.15) is 0 Å². The van der Waals surface area contributed by atoms with Crippen molar-refractivity contribution < 1.29 is 14.3 Å². The Kier molecular flexibility index (Phi) is 5.33. The number of aromatic nitrogens is 1. The highest BCUT2D eigenvalue weighted by Gasteiger charge is 2.23. The number of fused-ring (bicyclic) bond motifs is 1. The summed E-state index contributed by atoms with van der Waals surface area (Å²) in [6.07, 6.45) is 2.16. The van der Waals surface area contributed by atoms with Crippen molar-refractivity contribution in [2.45, 2.75) is 25.8 Å². The van der Waals surface area contributed by atoms with Gasteiger partial charge in [0.25, 0.3) is 0 Å². The van der Waals surface area contributed by atoms with Crippen LogP contribution in [0.25, 0.3) is 0 Å². The predicted octanol–water partition coefficient (Wildman–Crippen LogP) is 2.17. The van der Waals surface area contributed by atoms with E-state index in [1.54, 1.807) is 7.05 Å². The Hall–Kier alpha value is -2.41. The first-order valence-electron chi connectivity index (χ1n) is 8.21. The van der Waals surface area contributed by atoms with Crippen LogP contribution in [-0.2, 0) is 28.9 Å². The minimum atomic E-state index is -0.291. The molecular formula is C18H21N3O3S. The minimum absolute atomic E-state index is 0.0352. The van der Waals surface area contributed by atoms with E-state index in [4.69, 9.17) is 4.74 Å². The van der Waals surface area contributed by atoms with Crippen molar-refractivity contribution in [1.82, 2.24) is 10.3 Å². The van der Waals surface area contributed by atoms with Crippen LogP contribution in [0.3, 0.4) is 0 Å². The number of hydrogen-bond acceptors (Lipinski definition) is 6. The van der Waals surface area contributed by atoms with Crippen molar-refractivity contribution in [2.24, 2.45) is 0 Å². The number of nitrogens with zero attached hydrogens (tertiary/aromatic N) is 2. The van der Waals surface area contributed by atoms with Crippen LogP contribution in [0.15, 0.2) is 23.6 Å². The zero-order valence-corrected chi connectivity index (χ0v) is 15.2. The van der Waals surface area contributed by atoms with Gasteiger partial charge in [0, 0.05) is 24.7 Å². The third-order valence-corrected chi connectivity index (χ3v) is 5.19. The average molecular weight is 359 g/mol. The second kappa shape index (κ2) is 7.65. The smallest absolute Gasteiger partial charge is 0.338 e. The van der Waals surface area contributed by atoms with Gasteiger partial charge in [-0.15, -0.1) is 11.3 Å². The van der Waals surface area contributed by atoms with Crippen molar-refractivity contribution in [3.05, 3.63) is 45.4 Å². The number of amides is 1. The molecule has 7 heteroatoms. The number of likely N-dealkylation sites (N-methyl/N-ethyl adjacent to an activating group) is 1. The van der Waals surface area contributed by atoms with Crippen LogP contribution >= 0.6 is 11.3 Å². The molecule has 1 N–H and O–H groups in total. The summed E-state index contributed by atoms with van der Waals surface area (Å²) in [4.78, 5) is 30.3. The van der Waals surface area contributed by atoms with E-state index in [1.807, 2.05) is 23.6 Å². The topological polar surface area (TPSA) is 71.5 Å². The molecule has 0 radical (unpaired) electrons. The molecule has 132 valence electrons. The zero-order valence-electron chi connectivity index (χ0n) is 14.4. The summed E-state index contributed by atoms with van der Waals surface area (Å²) >= 11 is 1.50. The second-order valence-corrected chi connectivity index (χ2v) is 6.85. The Morgan fingerprint density at radius 3 is 3.00 bits per heavy atom. The average Bonchev–Trinajstić information content (AvgIpc) is 3.07. The Morgan fingerprint density at radius 2 is 2.24 bits per heavy atom. The van der Waals surface area contributed by atoms with Gasteiger partial charge in [0.05, 0.1) is 31.3 Å². The molecule has 2 heterocycles. The number of esters is 1. The Morgan fingerprint density at radius 1 is 1.40 bits per heavy atom. The van der Waals surface area contributed by atoms with Gasteiger partial charge in [-0.3, -0.25) is 4.79 Å². The van der Waals surface area contributed by atoms with Crippen LogP contribution in [0, 0.1) is 0 Å². The van der Waals surface area contributed by atoms with E-state index < -0.39 is 0 Å². The molecule has 1 aromatic carbocycles. The molecule has 0 saturated carbocycles. The number of methoxy groups -OCH3 is 1. The molecule has 1 amide bonds. The molecule has 6 nitrogen and oxygen atoms in total. The predicted molar refractivity (Wildman–Crippen MR) is 97.0 cm³/mol. The van der Waals surface area contributed by atoms with Crippen molar-refractivity contribution >= 4 is 28.9 Å². The number of hydrogen-bond donors (Lipinski definition) is 1. The quantitative estimate of drug-likeness (QED) is 0.829. The summed E-state index contributed by atoms with van der Waals surface area (Å²) in [7, 11) is 3.03. The van der Waals surface area contributed by atoms with Gasteiger partial charge in [-0.1, -0.05) is 6.07 Å². The van der Waals surface area contributed by atoms with E-state index in [1.165, 1.54) is 18.4 Å². The SMILES string of the molecule is CNC(=O)Cc1nc(CN2CCCc3c(C(=O)OC)cccc32)cs1. The molecule has 0 unspecified atom stereocenters. The van der Waals surface area contributed by atoms with Crippen LogP contribution in [0.1, 0.15) is 33.0 Å². The van der Waals surface area contributed by atoms with Gasteiger partial charge in [0.1, 0.15) is 5.01 Å². The summed E-state index contributed by atoms with van der Waals surface area (Å²) in [6.45, 7) is 1.59. The van der Waals surface area contributed by atoms with E-state index in [0.717, 1.165) is 41.3 Å². The number of carbonyl (C=O) groups excluding carboxylic acids is 2. The van der Waals surface area contributed by atoms with Crippen LogP contribution in [0.4, 0.5) is 5.69 Å². The van der Waals surface area contributed by atoms with Crippen LogP contribution < -0.4 is 10.2 Å². The third-order valence-electron chi connectivity index (χ3n) is 4.29. The first kappa shape index (κ1) is 17.4. The normalized spacial score (nSPS) is 13.3. The van der Waals surface area contributed by atoms with E-state index >= 15 is 0 Å². The fourth-order valence-electron chi connectivity index (χ4n) is 3.09. The Labute approximate surface area is 150 Å². The number of thiazole rings is 1. The Bertz CT molecular complexity index is 788. The zero-order chi connectivity index (χ0) is 17.8. The van der Waals surface area contributed by atoms with Crippen LogP contribution in [-0.4, -0.2) is 37.6 Å². The first-order chi connectivity index (χ1) is 12.1. The fourth-order valence-corrected chi connectivity index (χ4v) is 3.87. The number of ether oxygens (including phenoxy) is 1. The summed E-state index contributed by atoms with van der Waals surface area (Å²) < 4.78 is 4.90. The maximum atomic E-state index is 12.0. The van der Waals surface area contributed by atoms with Crippen LogP contribution in [0.2, 0.25) is 0 Å². The Balaban J connectivity index is 1.80. The van der Waals surface area contributed by atoms with Gasteiger partial charge in [0.15, 0.2) is 0 Å². The molecule has 2 aromatic rings. The number of anilines is 1. The molecule has 0 bridgehead atoms. The highest BCUT2D eigenvalue weighted by molar-refractivity contribution is 7.09. The highest BCUT2D eigenvalue weighted by Crippen LogP contribution is 2.31. The lowest BCUT2D eigenvalue weighted by atomic mass is 9.96. The first-order valence-corrected chi connectivity index (χ1v) is 9.09. The van der Waals surface area contributed by atoms with Crippen molar-refractivity contribution in [1.29, 1.82) is 0 Å². The van der Waals surface area contributed by atoms with E-state index in [9.17, 15) is 9.59 Å². The van der Waals surface area contributed by atoms with E-state index in [0.29, 0.717) is 18.5 Å². The van der Waals surface area contributed by atoms with Crippen molar-refractivity contribution in [2.75, 3.05) is 25.6 Å². The molecule has 0 aliphatic carbocycles. The van der Waals surface area contributed by atoms with E-state index in [2.05, 4.69) is 15.2 Å². The maximum absolute atomic E-state index is 12.0. The number of rotatable bonds is 5. The standard InChI is InChI=1S/C18H21N3O3S/c1-19-16(22)9-17-20-12(11-25-17)10-21-8-4-6-13-14(18(23)24-2)5-3-7-15(13)21/h3,5,7,11H,4,6,8-10H2,1-2H3,(H,19,22). The lowest BCUT2D eigenvalue weighted by Crippen LogP contribution is -2.30. The van der Waals surface area contributed by atoms with E-state index in [-0.39, 0.29) is 11.9 Å². The summed E-state index contributed by atoms with van der Waals surface area (Å²) in [5.74, 6) is -0.327. The maximum Gasteiger partial charge on any atom is 0.338 e. The third kappa shape index (κ3) is 3.82. The number of benzene rings is 1. The van der Waals surface area contributed by atoms with Gasteiger partial charge in [0.2, 0.25) is 5.91 Å². The summed E-state index contributed by atoms with van der Waals surface area (Å²) in [5, 5.41) is 5.42. The number of nitrogens with one attached hydrogen (secondary N) is 1. The lowest BCUT2D eigenvalue weighted by molar-refractivity contribution is -0.119. The van der Waals surface area contributed by atoms with Gasteiger partial charge in [-0.25, -0.2) is 9.78 Å². The molecule has 0 atom stereocenters. The molecule has 1 aliphatic rings. The minimum Gasteiger partial charge on any atom is -0.465 e. The summed E-state index contributed by atoms with van der Waals surface area (Å²) in [5.41, 5.74) is 3.69. The van der Waals surface area contributed by atoms with Gasteiger partial charge >= 0.3 is 5.97 Å². The highest BCUT2D eigenvalue weighted by atomic mass is 32.1. The molecule has 0 fully saturated rings. The molecule has 0 spiro atoms.